The van der Waals surface area contributed by atoms with E-state index < -0.39 is 0 Å². The van der Waals surface area contributed by atoms with Crippen LogP contribution < -0.4 is 11.1 Å². The van der Waals surface area contributed by atoms with Crippen molar-refractivity contribution in [3.63, 3.8) is 0 Å². The number of benzene rings is 2. The van der Waals surface area contributed by atoms with Gasteiger partial charge in [-0.25, -0.2) is 0 Å². The fourth-order valence-corrected chi connectivity index (χ4v) is 1.61. The topological polar surface area (TPSA) is 55.1 Å². The summed E-state index contributed by atoms with van der Waals surface area (Å²) in [6, 6.07) is 14.7. The summed E-state index contributed by atoms with van der Waals surface area (Å²) in [6.45, 7) is 1.95. The molecule has 2 rings (SSSR count). The quantitative estimate of drug-likeness (QED) is 0.817. The van der Waals surface area contributed by atoms with E-state index in [1.807, 2.05) is 31.2 Å². The molecule has 0 saturated carbocycles. The molecule has 4 heteroatoms. The van der Waals surface area contributed by atoms with Crippen molar-refractivity contribution in [3.05, 3.63) is 59.7 Å². The summed E-state index contributed by atoms with van der Waals surface area (Å²) < 4.78 is 0. The first-order valence-electron chi connectivity index (χ1n) is 5.40. The zero-order valence-electron chi connectivity index (χ0n) is 10.0. The van der Waals surface area contributed by atoms with Crippen LogP contribution in [0.25, 0.3) is 0 Å². The fraction of sp³-hybridized carbons (Fsp3) is 0.0714. The number of amides is 1. The SMILES string of the molecule is Cc1ccccc1NC(=O)c1ccccc1N.Cl. The van der Waals surface area contributed by atoms with Crippen LogP contribution in [0.15, 0.2) is 48.5 Å². The Morgan fingerprint density at radius 3 is 2.33 bits per heavy atom. The second-order valence-corrected chi connectivity index (χ2v) is 3.86. The summed E-state index contributed by atoms with van der Waals surface area (Å²) >= 11 is 0. The van der Waals surface area contributed by atoms with Gasteiger partial charge >= 0.3 is 0 Å². The second-order valence-electron chi connectivity index (χ2n) is 3.86. The predicted octanol–water partition coefficient (Wildman–Crippen LogP) is 3.25. The summed E-state index contributed by atoms with van der Waals surface area (Å²) in [5.74, 6) is -0.183. The largest absolute Gasteiger partial charge is 0.398 e. The van der Waals surface area contributed by atoms with E-state index >= 15 is 0 Å². The van der Waals surface area contributed by atoms with E-state index in [1.54, 1.807) is 24.3 Å². The predicted molar refractivity (Wildman–Crippen MR) is 77.2 cm³/mol. The number of anilines is 2. The van der Waals surface area contributed by atoms with Crippen LogP contribution in [0.4, 0.5) is 11.4 Å². The molecule has 0 spiro atoms. The Bertz CT molecular complexity index is 555. The van der Waals surface area contributed by atoms with Crippen LogP contribution in [0, 0.1) is 6.92 Å². The van der Waals surface area contributed by atoms with Crippen molar-refractivity contribution in [2.75, 3.05) is 11.1 Å². The summed E-state index contributed by atoms with van der Waals surface area (Å²) in [4.78, 5) is 12.0. The zero-order chi connectivity index (χ0) is 12.3. The third kappa shape index (κ3) is 3.02. The first-order valence-corrected chi connectivity index (χ1v) is 5.40. The molecule has 94 valence electrons. The van der Waals surface area contributed by atoms with E-state index in [0.717, 1.165) is 11.3 Å². The van der Waals surface area contributed by atoms with Gasteiger partial charge in [-0.1, -0.05) is 30.3 Å². The van der Waals surface area contributed by atoms with Gasteiger partial charge in [-0.2, -0.15) is 0 Å². The third-order valence-corrected chi connectivity index (χ3v) is 2.60. The molecule has 3 N–H and O–H groups in total. The molecule has 18 heavy (non-hydrogen) atoms. The Balaban J connectivity index is 0.00000162. The Kier molecular flexibility index (Phi) is 4.75. The van der Waals surface area contributed by atoms with E-state index in [4.69, 9.17) is 5.73 Å². The molecule has 2 aromatic rings. The number of hydrogen-bond acceptors (Lipinski definition) is 2. The fourth-order valence-electron chi connectivity index (χ4n) is 1.61. The number of nitrogens with one attached hydrogen (secondary N) is 1. The van der Waals surface area contributed by atoms with Crippen LogP contribution in [0.5, 0.6) is 0 Å². The van der Waals surface area contributed by atoms with Gasteiger partial charge in [0.1, 0.15) is 0 Å². The van der Waals surface area contributed by atoms with Gasteiger partial charge in [0.2, 0.25) is 0 Å². The Morgan fingerprint density at radius 2 is 1.67 bits per heavy atom. The van der Waals surface area contributed by atoms with E-state index in [9.17, 15) is 4.79 Å². The lowest BCUT2D eigenvalue weighted by Crippen LogP contribution is -2.14. The Morgan fingerprint density at radius 1 is 1.06 bits per heavy atom. The zero-order valence-corrected chi connectivity index (χ0v) is 10.8. The summed E-state index contributed by atoms with van der Waals surface area (Å²) in [5, 5.41) is 2.85. The van der Waals surface area contributed by atoms with Crippen LogP contribution in [0.3, 0.4) is 0 Å². The molecule has 0 aliphatic heterocycles. The van der Waals surface area contributed by atoms with Crippen molar-refractivity contribution in [3.8, 4) is 0 Å². The minimum Gasteiger partial charge on any atom is -0.398 e. The molecule has 0 aromatic heterocycles. The van der Waals surface area contributed by atoms with Crippen LogP contribution in [-0.4, -0.2) is 5.91 Å². The number of rotatable bonds is 2. The van der Waals surface area contributed by atoms with E-state index in [1.165, 1.54) is 0 Å². The number of para-hydroxylation sites is 2. The minimum absolute atomic E-state index is 0. The highest BCUT2D eigenvalue weighted by Crippen LogP contribution is 2.17. The highest BCUT2D eigenvalue weighted by atomic mass is 35.5. The molecule has 0 atom stereocenters. The van der Waals surface area contributed by atoms with Crippen molar-refractivity contribution in [1.82, 2.24) is 0 Å². The third-order valence-electron chi connectivity index (χ3n) is 2.60. The second kappa shape index (κ2) is 6.07. The van der Waals surface area contributed by atoms with E-state index in [0.29, 0.717) is 11.3 Å². The van der Waals surface area contributed by atoms with Crippen molar-refractivity contribution in [2.45, 2.75) is 6.92 Å². The van der Waals surface area contributed by atoms with Gasteiger partial charge in [-0.3, -0.25) is 4.79 Å². The van der Waals surface area contributed by atoms with E-state index in [-0.39, 0.29) is 18.3 Å². The smallest absolute Gasteiger partial charge is 0.257 e. The first kappa shape index (κ1) is 14.1. The molecule has 2 aromatic carbocycles. The van der Waals surface area contributed by atoms with Crippen molar-refractivity contribution in [1.29, 1.82) is 0 Å². The molecule has 0 bridgehead atoms. The van der Waals surface area contributed by atoms with Crippen molar-refractivity contribution < 1.29 is 4.79 Å². The molecule has 0 fully saturated rings. The Labute approximate surface area is 112 Å². The monoisotopic (exact) mass is 262 g/mol. The lowest BCUT2D eigenvalue weighted by Gasteiger charge is -2.09. The molecule has 0 heterocycles. The van der Waals surface area contributed by atoms with Gasteiger partial charge in [0.15, 0.2) is 0 Å². The molecule has 0 aliphatic carbocycles. The number of aryl methyl sites for hydroxylation is 1. The van der Waals surface area contributed by atoms with Gasteiger partial charge in [-0.15, -0.1) is 12.4 Å². The van der Waals surface area contributed by atoms with Crippen LogP contribution in [-0.2, 0) is 0 Å². The van der Waals surface area contributed by atoms with Crippen LogP contribution >= 0.6 is 12.4 Å². The average molecular weight is 263 g/mol. The standard InChI is InChI=1S/C14H14N2O.ClH/c1-10-6-2-5-9-13(10)16-14(17)11-7-3-4-8-12(11)15;/h2-9H,15H2,1H3,(H,16,17);1H. The maximum Gasteiger partial charge on any atom is 0.257 e. The number of hydrogen-bond donors (Lipinski definition) is 2. The number of nitrogen functional groups attached to an aromatic ring is 1. The minimum atomic E-state index is -0.183. The summed E-state index contributed by atoms with van der Waals surface area (Å²) in [6.07, 6.45) is 0. The summed E-state index contributed by atoms with van der Waals surface area (Å²) in [5.41, 5.74) is 8.56. The van der Waals surface area contributed by atoms with E-state index in [2.05, 4.69) is 5.32 Å². The van der Waals surface area contributed by atoms with Crippen molar-refractivity contribution in [2.24, 2.45) is 0 Å². The van der Waals surface area contributed by atoms with Crippen LogP contribution in [0.2, 0.25) is 0 Å². The molecule has 0 saturated heterocycles. The van der Waals surface area contributed by atoms with Gasteiger partial charge in [0, 0.05) is 11.4 Å². The highest BCUT2D eigenvalue weighted by Gasteiger charge is 2.09. The first-order chi connectivity index (χ1) is 8.18. The lowest BCUT2D eigenvalue weighted by molar-refractivity contribution is 0.102. The molecular weight excluding hydrogens is 248 g/mol. The molecule has 1 amide bonds. The lowest BCUT2D eigenvalue weighted by atomic mass is 10.1. The summed E-state index contributed by atoms with van der Waals surface area (Å²) in [7, 11) is 0. The van der Waals surface area contributed by atoms with Crippen LogP contribution in [0.1, 0.15) is 15.9 Å². The normalized spacial score (nSPS) is 9.39. The van der Waals surface area contributed by atoms with Gasteiger partial charge in [-0.05, 0) is 30.7 Å². The number of nitrogens with two attached hydrogens (primary N) is 1. The molecule has 0 aliphatic rings. The molecular formula is C14H15ClN2O. The van der Waals surface area contributed by atoms with Crippen molar-refractivity contribution >= 4 is 29.7 Å². The molecule has 3 nitrogen and oxygen atoms in total. The average Bonchev–Trinajstić information content (AvgIpc) is 2.32. The maximum atomic E-state index is 12.0. The van der Waals surface area contributed by atoms with Gasteiger partial charge in [0.25, 0.3) is 5.91 Å². The Hall–Kier alpha value is -2.00. The molecule has 0 unspecified atom stereocenters. The number of halogens is 1. The van der Waals surface area contributed by atoms with Gasteiger partial charge < -0.3 is 11.1 Å². The maximum absolute atomic E-state index is 12.0. The number of carbonyl (C=O) groups is 1. The highest BCUT2D eigenvalue weighted by molar-refractivity contribution is 6.07. The molecule has 0 radical (unpaired) electrons. The van der Waals surface area contributed by atoms with Gasteiger partial charge in [0.05, 0.1) is 5.56 Å². The number of carbonyl (C=O) groups excluding carboxylic acids is 1.